The summed E-state index contributed by atoms with van der Waals surface area (Å²) < 4.78 is 43.4. The molecule has 0 fully saturated rings. The van der Waals surface area contributed by atoms with Gasteiger partial charge < -0.3 is 20.4 Å². The predicted molar refractivity (Wildman–Crippen MR) is 67.4 cm³/mol. The first-order valence-corrected chi connectivity index (χ1v) is 6.41. The van der Waals surface area contributed by atoms with Crippen molar-refractivity contribution in [1.29, 1.82) is 0 Å². The molecule has 0 amide bonds. The van der Waals surface area contributed by atoms with E-state index in [-0.39, 0.29) is 36.7 Å². The first kappa shape index (κ1) is 16.3. The number of carbonyl (C=O) groups is 1. The van der Waals surface area contributed by atoms with E-state index >= 15 is 0 Å². The van der Waals surface area contributed by atoms with E-state index in [0.717, 1.165) is 6.26 Å². The van der Waals surface area contributed by atoms with Gasteiger partial charge in [-0.05, 0) is 6.42 Å². The number of aromatic nitrogens is 1. The van der Waals surface area contributed by atoms with Gasteiger partial charge in [-0.25, -0.2) is 9.78 Å². The van der Waals surface area contributed by atoms with Crippen molar-refractivity contribution in [2.24, 2.45) is 16.6 Å². The second-order valence-corrected chi connectivity index (χ2v) is 5.07. The van der Waals surface area contributed by atoms with Crippen molar-refractivity contribution in [2.75, 3.05) is 0 Å². The number of aliphatic hydroxyl groups excluding tert-OH is 1. The number of carboxylic acids is 1. The molecule has 1 unspecified atom stereocenters. The number of carboxylic acid groups (broad SMARTS) is 1. The third kappa shape index (κ3) is 3.75. The maximum Gasteiger partial charge on any atom is 0.394 e. The lowest BCUT2D eigenvalue weighted by Crippen LogP contribution is -2.33. The molecule has 0 saturated heterocycles. The monoisotopic (exact) mass is 321 g/mol. The Kier molecular flexibility index (Phi) is 4.40. The maximum atomic E-state index is 12.8. The third-order valence-electron chi connectivity index (χ3n) is 3.34. The van der Waals surface area contributed by atoms with Crippen molar-refractivity contribution in [3.63, 3.8) is 0 Å². The Morgan fingerprint density at radius 1 is 1.55 bits per heavy atom. The molecule has 0 spiro atoms. The van der Waals surface area contributed by atoms with Gasteiger partial charge in [0.05, 0.1) is 30.3 Å². The minimum absolute atomic E-state index is 0.0663. The Morgan fingerprint density at radius 3 is 2.77 bits per heavy atom. The van der Waals surface area contributed by atoms with Crippen molar-refractivity contribution in [3.05, 3.63) is 17.8 Å². The van der Waals surface area contributed by atoms with Crippen LogP contribution in [0.4, 0.5) is 13.2 Å². The molecule has 4 N–H and O–H groups in total. The van der Waals surface area contributed by atoms with Gasteiger partial charge in [0.2, 0.25) is 0 Å². The molecule has 1 aliphatic heterocycles. The van der Waals surface area contributed by atoms with E-state index < -0.39 is 30.2 Å². The zero-order chi connectivity index (χ0) is 16.5. The summed E-state index contributed by atoms with van der Waals surface area (Å²) in [6.45, 7) is 0. The zero-order valence-electron chi connectivity index (χ0n) is 11.2. The van der Waals surface area contributed by atoms with Gasteiger partial charge in [0.15, 0.2) is 11.6 Å². The Bertz CT molecular complexity index is 584. The molecule has 0 aromatic carbocycles. The highest BCUT2D eigenvalue weighted by atomic mass is 19.4. The number of hydrogen-bond acceptors (Lipinski definition) is 6. The molecule has 2 rings (SSSR count). The van der Waals surface area contributed by atoms with Crippen LogP contribution in [0.2, 0.25) is 0 Å². The van der Waals surface area contributed by atoms with E-state index in [0.29, 0.717) is 0 Å². The molecule has 2 heterocycles. The van der Waals surface area contributed by atoms with Crippen LogP contribution >= 0.6 is 0 Å². The van der Waals surface area contributed by atoms with Crippen LogP contribution < -0.4 is 5.73 Å². The van der Waals surface area contributed by atoms with E-state index in [1.165, 1.54) is 0 Å². The standard InChI is InChI=1S/C12H14F3N3O4/c13-12(14,15)6-3-9(16)17-7(6)1-5(19)2-10-18-8(4-22-10)11(20)21/h4-7,19H,1-3H2,(H2,16,17)(H,20,21)/t5?,6-,7-/m0/s1. The maximum absolute atomic E-state index is 12.8. The number of rotatable bonds is 5. The van der Waals surface area contributed by atoms with Gasteiger partial charge in [-0.15, -0.1) is 0 Å². The number of alkyl halides is 3. The Morgan fingerprint density at radius 2 is 2.23 bits per heavy atom. The molecule has 7 nitrogen and oxygen atoms in total. The summed E-state index contributed by atoms with van der Waals surface area (Å²) in [7, 11) is 0. The van der Waals surface area contributed by atoms with Crippen LogP contribution in [0.5, 0.6) is 0 Å². The predicted octanol–water partition coefficient (Wildman–Crippen LogP) is 0.974. The molecule has 10 heteroatoms. The van der Waals surface area contributed by atoms with Crippen LogP contribution in [-0.4, -0.2) is 45.3 Å². The molecule has 3 atom stereocenters. The van der Waals surface area contributed by atoms with Crippen LogP contribution in [-0.2, 0) is 6.42 Å². The van der Waals surface area contributed by atoms with Crippen molar-refractivity contribution >= 4 is 11.8 Å². The summed E-state index contributed by atoms with van der Waals surface area (Å²) in [5.74, 6) is -3.18. The Labute approximate surface area is 122 Å². The highest BCUT2D eigenvalue weighted by Gasteiger charge is 2.48. The van der Waals surface area contributed by atoms with E-state index in [9.17, 15) is 23.1 Å². The number of hydrogen-bond donors (Lipinski definition) is 3. The highest BCUT2D eigenvalue weighted by Crippen LogP contribution is 2.38. The van der Waals surface area contributed by atoms with E-state index in [4.69, 9.17) is 15.3 Å². The highest BCUT2D eigenvalue weighted by molar-refractivity contribution is 5.84. The van der Waals surface area contributed by atoms with E-state index in [1.54, 1.807) is 0 Å². The summed E-state index contributed by atoms with van der Waals surface area (Å²) >= 11 is 0. The summed E-state index contributed by atoms with van der Waals surface area (Å²) in [6.07, 6.45) is -5.62. The zero-order valence-corrected chi connectivity index (χ0v) is 11.2. The number of aromatic carboxylic acids is 1. The molecule has 0 aliphatic carbocycles. The van der Waals surface area contributed by atoms with Gasteiger partial charge in [0.1, 0.15) is 6.26 Å². The number of amidine groups is 1. The van der Waals surface area contributed by atoms with Gasteiger partial charge in [-0.2, -0.15) is 13.2 Å². The fraction of sp³-hybridized carbons (Fsp3) is 0.583. The largest absolute Gasteiger partial charge is 0.476 e. The third-order valence-corrected chi connectivity index (χ3v) is 3.34. The molecular formula is C12H14F3N3O4. The van der Waals surface area contributed by atoms with Crippen molar-refractivity contribution in [2.45, 2.75) is 37.6 Å². The molecule has 0 radical (unpaired) electrons. The number of aliphatic imine (C=N–C) groups is 1. The average molecular weight is 321 g/mol. The first-order chi connectivity index (χ1) is 10.2. The minimum Gasteiger partial charge on any atom is -0.476 e. The number of nitrogens with two attached hydrogens (primary N) is 1. The van der Waals surface area contributed by atoms with Gasteiger partial charge in [0, 0.05) is 6.42 Å². The van der Waals surface area contributed by atoms with Crippen LogP contribution in [0.25, 0.3) is 0 Å². The van der Waals surface area contributed by atoms with Crippen LogP contribution in [0.1, 0.15) is 29.2 Å². The summed E-state index contributed by atoms with van der Waals surface area (Å²) in [6, 6.07) is -1.16. The van der Waals surface area contributed by atoms with E-state index in [1.807, 2.05) is 0 Å². The summed E-state index contributed by atoms with van der Waals surface area (Å²) in [4.78, 5) is 17.9. The van der Waals surface area contributed by atoms with Crippen LogP contribution in [0, 0.1) is 5.92 Å². The second-order valence-electron chi connectivity index (χ2n) is 5.07. The molecule has 1 aromatic heterocycles. The SMILES string of the molecule is NC1=N[C@@H](CC(O)Cc2nc(C(=O)O)co2)[C@@H](C(F)(F)F)C1. The molecule has 0 bridgehead atoms. The topological polar surface area (TPSA) is 122 Å². The number of oxazole rings is 1. The second kappa shape index (κ2) is 5.95. The first-order valence-electron chi connectivity index (χ1n) is 6.41. The molecule has 1 aromatic rings. The van der Waals surface area contributed by atoms with Crippen molar-refractivity contribution in [3.8, 4) is 0 Å². The summed E-state index contributed by atoms with van der Waals surface area (Å²) in [5.41, 5.74) is 5.01. The normalized spacial score (nSPS) is 23.4. The number of nitrogens with zero attached hydrogens (tertiary/aromatic N) is 2. The Balaban J connectivity index is 1.98. The van der Waals surface area contributed by atoms with Crippen molar-refractivity contribution in [1.82, 2.24) is 4.98 Å². The van der Waals surface area contributed by atoms with Gasteiger partial charge in [0.25, 0.3) is 0 Å². The lowest BCUT2D eigenvalue weighted by Gasteiger charge is -2.22. The van der Waals surface area contributed by atoms with Gasteiger partial charge >= 0.3 is 12.1 Å². The van der Waals surface area contributed by atoms with E-state index in [2.05, 4.69) is 9.98 Å². The molecule has 0 saturated carbocycles. The smallest absolute Gasteiger partial charge is 0.394 e. The van der Waals surface area contributed by atoms with Gasteiger partial charge in [-0.3, -0.25) is 4.99 Å². The fourth-order valence-corrected chi connectivity index (χ4v) is 2.33. The molecule has 122 valence electrons. The number of halogens is 3. The molecular weight excluding hydrogens is 307 g/mol. The van der Waals surface area contributed by atoms with Crippen molar-refractivity contribution < 1.29 is 32.6 Å². The molecule has 22 heavy (non-hydrogen) atoms. The van der Waals surface area contributed by atoms with Crippen LogP contribution in [0.3, 0.4) is 0 Å². The summed E-state index contributed by atoms with van der Waals surface area (Å²) in [5, 5.41) is 18.5. The minimum atomic E-state index is -4.45. The van der Waals surface area contributed by atoms with Crippen LogP contribution in [0.15, 0.2) is 15.7 Å². The number of aliphatic hydroxyl groups is 1. The lowest BCUT2D eigenvalue weighted by molar-refractivity contribution is -0.177. The fourth-order valence-electron chi connectivity index (χ4n) is 2.33. The quantitative estimate of drug-likeness (QED) is 0.743. The average Bonchev–Trinajstić information content (AvgIpc) is 2.95. The Hall–Kier alpha value is -2.10. The van der Waals surface area contributed by atoms with Gasteiger partial charge in [-0.1, -0.05) is 0 Å². The lowest BCUT2D eigenvalue weighted by atomic mass is 9.93. The molecule has 1 aliphatic rings.